The van der Waals surface area contributed by atoms with E-state index in [1.54, 1.807) is 18.2 Å². The van der Waals surface area contributed by atoms with Gasteiger partial charge < -0.3 is 13.9 Å². The zero-order valence-corrected chi connectivity index (χ0v) is 22.8. The summed E-state index contributed by atoms with van der Waals surface area (Å²) in [5.74, 6) is -0.0777. The predicted octanol–water partition coefficient (Wildman–Crippen LogP) is 6.77. The Bertz CT molecular complexity index is 1760. The number of Topliss-reactive ketones (excluding diaryl/α,β-unsaturated/α-hetero) is 1. The Morgan fingerprint density at radius 2 is 2.02 bits per heavy atom. The van der Waals surface area contributed by atoms with E-state index in [1.165, 1.54) is 42.8 Å². The highest BCUT2D eigenvalue weighted by atomic mass is 79.9. The largest absolute Gasteiger partial charge is 0.487 e. The highest BCUT2D eigenvalue weighted by Gasteiger charge is 2.29. The number of carbonyl (C=O) groups is 1. The highest BCUT2D eigenvalue weighted by Crippen LogP contribution is 2.45. The fourth-order valence-electron chi connectivity index (χ4n) is 3.76. The molecule has 0 saturated carbocycles. The minimum Gasteiger partial charge on any atom is -0.487 e. The molecular weight excluding hydrogens is 620 g/mol. The van der Waals surface area contributed by atoms with Crippen molar-refractivity contribution in [2.24, 2.45) is 0 Å². The smallest absolute Gasteiger partial charge is 0.408 e. The first kappa shape index (κ1) is 25.2. The van der Waals surface area contributed by atoms with Crippen LogP contribution in [0.4, 0.5) is 17.6 Å². The first-order valence-electron chi connectivity index (χ1n) is 12.5. The lowest BCUT2D eigenvalue weighted by Gasteiger charge is -2.19. The van der Waals surface area contributed by atoms with Crippen molar-refractivity contribution in [3.05, 3.63) is 76.7 Å². The molecule has 5 rings (SSSR count). The molecular formula is C26H19BrF4N4O4S. The summed E-state index contributed by atoms with van der Waals surface area (Å²) >= 11 is 4.67. The third-order valence-corrected chi connectivity index (χ3v) is 7.76. The molecule has 4 heterocycles. The number of ether oxygens (including phenoxy) is 2. The molecule has 5 aromatic rings. The van der Waals surface area contributed by atoms with Gasteiger partial charge in [-0.15, -0.1) is 11.3 Å². The summed E-state index contributed by atoms with van der Waals surface area (Å²) in [4.78, 5) is 22.1. The molecule has 4 aromatic heterocycles. The third-order valence-electron chi connectivity index (χ3n) is 5.59. The molecule has 1 atom stereocenters. The SMILES string of the molecule is [2H]C([2H])(Oc1ccccc1C[C@H](Oc1ncnc2sc(-c3ccc(F)o3)c(Br)c12)C(C)=O)c1ccnn1CC(F)(F)F. The Morgan fingerprint density at radius 3 is 2.75 bits per heavy atom. The molecule has 0 saturated heterocycles. The van der Waals surface area contributed by atoms with E-state index >= 15 is 0 Å². The number of aromatic nitrogens is 4. The Hall–Kier alpha value is -3.78. The fourth-order valence-corrected chi connectivity index (χ4v) is 5.67. The zero-order valence-electron chi connectivity index (χ0n) is 22.4. The van der Waals surface area contributed by atoms with Crippen LogP contribution < -0.4 is 9.47 Å². The van der Waals surface area contributed by atoms with Gasteiger partial charge in [-0.3, -0.25) is 9.48 Å². The number of thiophene rings is 1. The van der Waals surface area contributed by atoms with Crippen LogP contribution in [0.3, 0.4) is 0 Å². The topological polar surface area (TPSA) is 92.3 Å². The van der Waals surface area contributed by atoms with Gasteiger partial charge in [-0.25, -0.2) is 9.97 Å². The maximum absolute atomic E-state index is 13.5. The van der Waals surface area contributed by atoms with Gasteiger partial charge >= 0.3 is 6.18 Å². The van der Waals surface area contributed by atoms with Crippen LogP contribution in [0.2, 0.25) is 0 Å². The second-order valence-corrected chi connectivity index (χ2v) is 10.2. The first-order chi connectivity index (χ1) is 19.8. The van der Waals surface area contributed by atoms with E-state index in [0.29, 0.717) is 29.8 Å². The molecule has 0 radical (unpaired) electrons. The van der Waals surface area contributed by atoms with Gasteiger partial charge in [0.15, 0.2) is 11.9 Å². The van der Waals surface area contributed by atoms with Crippen molar-refractivity contribution >= 4 is 43.3 Å². The van der Waals surface area contributed by atoms with Gasteiger partial charge in [0.25, 0.3) is 6.01 Å². The molecule has 8 nitrogen and oxygen atoms in total. The van der Waals surface area contributed by atoms with E-state index in [1.807, 2.05) is 0 Å². The van der Waals surface area contributed by atoms with Gasteiger partial charge in [0.2, 0.25) is 5.88 Å². The number of alkyl halides is 3. The van der Waals surface area contributed by atoms with Gasteiger partial charge in [-0.05, 0) is 46.6 Å². The van der Waals surface area contributed by atoms with Crippen LogP contribution in [-0.4, -0.2) is 37.8 Å². The summed E-state index contributed by atoms with van der Waals surface area (Å²) < 4.78 is 86.9. The predicted molar refractivity (Wildman–Crippen MR) is 141 cm³/mol. The van der Waals surface area contributed by atoms with Crippen molar-refractivity contribution in [1.82, 2.24) is 19.7 Å². The molecule has 0 aliphatic rings. The van der Waals surface area contributed by atoms with Crippen LogP contribution in [0.1, 0.15) is 20.9 Å². The number of nitrogens with zero attached hydrogens (tertiary/aromatic N) is 4. The van der Waals surface area contributed by atoms with Crippen LogP contribution >= 0.6 is 27.3 Å². The second kappa shape index (κ2) is 11.4. The number of furan rings is 1. The highest BCUT2D eigenvalue weighted by molar-refractivity contribution is 9.10. The lowest BCUT2D eigenvalue weighted by molar-refractivity contribution is -0.143. The van der Waals surface area contributed by atoms with Crippen LogP contribution in [0, 0.1) is 6.01 Å². The van der Waals surface area contributed by atoms with Crippen molar-refractivity contribution in [3.63, 3.8) is 0 Å². The number of rotatable bonds is 10. The van der Waals surface area contributed by atoms with Gasteiger partial charge in [0.05, 0.1) is 23.2 Å². The van der Waals surface area contributed by atoms with Crippen molar-refractivity contribution in [1.29, 1.82) is 0 Å². The number of hydrogen-bond donors (Lipinski definition) is 0. The molecule has 0 bridgehead atoms. The molecule has 1 aromatic carbocycles. The second-order valence-electron chi connectivity index (χ2n) is 8.43. The molecule has 0 fully saturated rings. The van der Waals surface area contributed by atoms with Crippen LogP contribution in [-0.2, 0) is 24.3 Å². The van der Waals surface area contributed by atoms with E-state index in [0.717, 1.165) is 12.3 Å². The normalized spacial score (nSPS) is 13.7. The summed E-state index contributed by atoms with van der Waals surface area (Å²) in [6, 6.07) is 9.18. The maximum atomic E-state index is 13.5. The molecule has 0 unspecified atom stereocenters. The van der Waals surface area contributed by atoms with E-state index in [2.05, 4.69) is 31.0 Å². The Labute approximate surface area is 239 Å². The lowest BCUT2D eigenvalue weighted by atomic mass is 10.0. The number of halogens is 5. The minimum atomic E-state index is -4.63. The van der Waals surface area contributed by atoms with E-state index < -0.39 is 37.1 Å². The molecule has 0 N–H and O–H groups in total. The minimum absolute atomic E-state index is 0.0104. The van der Waals surface area contributed by atoms with Crippen molar-refractivity contribution < 1.29 is 39.0 Å². The Morgan fingerprint density at radius 1 is 1.23 bits per heavy atom. The average Bonchev–Trinajstić information content (AvgIpc) is 3.63. The zero-order chi connectivity index (χ0) is 30.2. The number of hydrogen-bond acceptors (Lipinski definition) is 8. The van der Waals surface area contributed by atoms with Crippen LogP contribution in [0.15, 0.2) is 63.9 Å². The summed E-state index contributed by atoms with van der Waals surface area (Å²) in [6.45, 7) is -2.89. The average molecular weight is 641 g/mol. The fraction of sp³-hybridized carbons (Fsp3) is 0.231. The number of para-hydroxylation sites is 1. The Kier molecular flexibility index (Phi) is 7.17. The molecule has 208 valence electrons. The van der Waals surface area contributed by atoms with Crippen molar-refractivity contribution in [2.45, 2.75) is 38.7 Å². The molecule has 0 aliphatic carbocycles. The van der Waals surface area contributed by atoms with Crippen LogP contribution in [0.25, 0.3) is 20.9 Å². The van der Waals surface area contributed by atoms with Crippen molar-refractivity contribution in [3.8, 4) is 22.3 Å². The number of carbonyl (C=O) groups excluding carboxylic acids is 1. The first-order valence-corrected chi connectivity index (χ1v) is 13.1. The number of fused-ring (bicyclic) bond motifs is 1. The molecule has 0 amide bonds. The molecule has 40 heavy (non-hydrogen) atoms. The molecule has 0 aliphatic heterocycles. The van der Waals surface area contributed by atoms with Gasteiger partial charge in [-0.2, -0.15) is 22.7 Å². The van der Waals surface area contributed by atoms with Crippen LogP contribution in [0.5, 0.6) is 11.6 Å². The maximum Gasteiger partial charge on any atom is 0.408 e. The van der Waals surface area contributed by atoms with Crippen molar-refractivity contribution in [2.75, 3.05) is 0 Å². The van der Waals surface area contributed by atoms with Gasteiger partial charge in [0.1, 0.15) is 35.8 Å². The molecule has 0 spiro atoms. The van der Waals surface area contributed by atoms with Gasteiger partial charge in [-0.1, -0.05) is 18.2 Å². The third kappa shape index (κ3) is 6.17. The van der Waals surface area contributed by atoms with E-state index in [4.69, 9.17) is 16.6 Å². The quantitative estimate of drug-likeness (QED) is 0.156. The summed E-state index contributed by atoms with van der Waals surface area (Å²) in [7, 11) is 0. The lowest BCUT2D eigenvalue weighted by Crippen LogP contribution is -2.28. The number of benzene rings is 1. The monoisotopic (exact) mass is 640 g/mol. The summed E-state index contributed by atoms with van der Waals surface area (Å²) in [5, 5.41) is 4.01. The number of ketones is 1. The summed E-state index contributed by atoms with van der Waals surface area (Å²) in [5.41, 5.74) is -0.0863. The van der Waals surface area contributed by atoms with E-state index in [-0.39, 0.29) is 29.6 Å². The van der Waals surface area contributed by atoms with Gasteiger partial charge in [0, 0.05) is 18.7 Å². The molecule has 14 heteroatoms. The standard InChI is InChI=1S/C26H19BrF4N4O4S/c1-14(36)19(39-24-21-22(27)23(18-6-7-20(28)38-18)40-25(21)33-13-32-24)10-15-4-2-3-5-17(15)37-11-16-8-9-34-35(16)12-26(29,30)31/h2-9,13,19H,10-12H2,1H3/t19-/m0/s1/i11D2. The summed E-state index contributed by atoms with van der Waals surface area (Å²) in [6.07, 6.45) is -3.54. The Balaban J connectivity index is 1.42. The van der Waals surface area contributed by atoms with E-state index in [9.17, 15) is 22.4 Å².